The quantitative estimate of drug-likeness (QED) is 0.919. The van der Waals surface area contributed by atoms with Crippen LogP contribution in [0.1, 0.15) is 24.7 Å². The predicted molar refractivity (Wildman–Crippen MR) is 80.6 cm³/mol. The summed E-state index contributed by atoms with van der Waals surface area (Å²) in [4.78, 5) is 8.87. The highest BCUT2D eigenvalue weighted by molar-refractivity contribution is 6.42. The molecule has 2 aromatic rings. The van der Waals surface area contributed by atoms with E-state index in [1.807, 2.05) is 13.0 Å². The number of nitrogens with two attached hydrogens (primary N) is 1. The van der Waals surface area contributed by atoms with Crippen LogP contribution in [0.4, 0.5) is 5.82 Å². The number of aromatic nitrogens is 2. The fourth-order valence-corrected chi connectivity index (χ4v) is 2.14. The van der Waals surface area contributed by atoms with Crippen LogP contribution in [-0.4, -0.2) is 9.97 Å². The first kappa shape index (κ1) is 14.1. The summed E-state index contributed by atoms with van der Waals surface area (Å²) in [6.07, 6.45) is 1.78. The molecule has 0 fully saturated rings. The van der Waals surface area contributed by atoms with Gasteiger partial charge in [-0.05, 0) is 25.5 Å². The lowest BCUT2D eigenvalue weighted by molar-refractivity contribution is 0.836. The van der Waals surface area contributed by atoms with Gasteiger partial charge in [0.2, 0.25) is 0 Å². The second-order valence-electron chi connectivity index (χ2n) is 4.38. The molecule has 3 nitrogen and oxygen atoms in total. The normalized spacial score (nSPS) is 10.7. The molecule has 2 rings (SSSR count). The Morgan fingerprint density at radius 2 is 1.89 bits per heavy atom. The van der Waals surface area contributed by atoms with Crippen LogP contribution in [0.5, 0.6) is 0 Å². The van der Waals surface area contributed by atoms with Crippen LogP contribution in [0.2, 0.25) is 10.0 Å². The van der Waals surface area contributed by atoms with Crippen molar-refractivity contribution < 1.29 is 0 Å². The molecular formula is C14H15Cl2N3. The van der Waals surface area contributed by atoms with Crippen LogP contribution in [0.3, 0.4) is 0 Å². The maximum Gasteiger partial charge on any atom is 0.131 e. The minimum absolute atomic E-state index is 0.507. The number of nitrogens with zero attached hydrogens (tertiary/aromatic N) is 2. The van der Waals surface area contributed by atoms with Crippen LogP contribution in [0.25, 0.3) is 11.3 Å². The van der Waals surface area contributed by atoms with Crippen molar-refractivity contribution in [2.75, 3.05) is 5.73 Å². The van der Waals surface area contributed by atoms with E-state index in [0.29, 0.717) is 15.9 Å². The maximum absolute atomic E-state index is 6.05. The molecule has 1 aromatic carbocycles. The minimum Gasteiger partial charge on any atom is -0.383 e. The molecule has 0 saturated heterocycles. The lowest BCUT2D eigenvalue weighted by Crippen LogP contribution is -2.04. The molecular weight excluding hydrogens is 281 g/mol. The molecule has 2 N–H and O–H groups in total. The van der Waals surface area contributed by atoms with Gasteiger partial charge in [-0.3, -0.25) is 0 Å². The second-order valence-corrected chi connectivity index (χ2v) is 5.19. The third kappa shape index (κ3) is 2.99. The fraction of sp³-hybridized carbons (Fsp3) is 0.286. The first-order valence-electron chi connectivity index (χ1n) is 6.11. The van der Waals surface area contributed by atoms with E-state index in [4.69, 9.17) is 28.9 Å². The van der Waals surface area contributed by atoms with Crippen LogP contribution < -0.4 is 5.73 Å². The van der Waals surface area contributed by atoms with E-state index in [1.165, 1.54) is 0 Å². The number of halogens is 2. The second kappa shape index (κ2) is 5.76. The van der Waals surface area contributed by atoms with Gasteiger partial charge < -0.3 is 5.73 Å². The highest BCUT2D eigenvalue weighted by Crippen LogP contribution is 2.30. The summed E-state index contributed by atoms with van der Waals surface area (Å²) in [6.45, 7) is 3.99. The summed E-state index contributed by atoms with van der Waals surface area (Å²) in [5.74, 6) is 1.27. The van der Waals surface area contributed by atoms with Gasteiger partial charge in [0.1, 0.15) is 11.6 Å². The number of aryl methyl sites for hydroxylation is 1. The maximum atomic E-state index is 6.05. The Hall–Kier alpha value is -1.32. The molecule has 0 spiro atoms. The third-order valence-corrected chi connectivity index (χ3v) is 3.64. The molecule has 0 bridgehead atoms. The Morgan fingerprint density at radius 3 is 2.53 bits per heavy atom. The number of hydrogen-bond acceptors (Lipinski definition) is 3. The van der Waals surface area contributed by atoms with Gasteiger partial charge >= 0.3 is 0 Å². The van der Waals surface area contributed by atoms with Gasteiger partial charge in [-0.25, -0.2) is 9.97 Å². The van der Waals surface area contributed by atoms with Crippen LogP contribution in [0.15, 0.2) is 18.2 Å². The highest BCUT2D eigenvalue weighted by Gasteiger charge is 2.11. The van der Waals surface area contributed by atoms with Gasteiger partial charge in [0.05, 0.1) is 15.7 Å². The molecule has 0 radical (unpaired) electrons. The van der Waals surface area contributed by atoms with E-state index in [-0.39, 0.29) is 0 Å². The summed E-state index contributed by atoms with van der Waals surface area (Å²) in [7, 11) is 0. The van der Waals surface area contributed by atoms with Crippen molar-refractivity contribution in [2.45, 2.75) is 26.7 Å². The lowest BCUT2D eigenvalue weighted by atomic mass is 10.1. The Labute approximate surface area is 122 Å². The van der Waals surface area contributed by atoms with Crippen LogP contribution in [-0.2, 0) is 6.42 Å². The summed E-state index contributed by atoms with van der Waals surface area (Å²) in [6, 6.07) is 5.45. The van der Waals surface area contributed by atoms with Gasteiger partial charge in [-0.15, -0.1) is 0 Å². The topological polar surface area (TPSA) is 51.8 Å². The Morgan fingerprint density at radius 1 is 1.16 bits per heavy atom. The zero-order valence-corrected chi connectivity index (χ0v) is 12.4. The number of benzene rings is 1. The first-order valence-corrected chi connectivity index (χ1v) is 6.87. The van der Waals surface area contributed by atoms with Crippen molar-refractivity contribution in [2.24, 2.45) is 0 Å². The zero-order chi connectivity index (χ0) is 14.0. The van der Waals surface area contributed by atoms with Crippen molar-refractivity contribution in [3.8, 4) is 11.3 Å². The summed E-state index contributed by atoms with van der Waals surface area (Å²) < 4.78 is 0. The smallest absolute Gasteiger partial charge is 0.131 e. The Kier molecular flexibility index (Phi) is 4.27. The van der Waals surface area contributed by atoms with Gasteiger partial charge in [-0.2, -0.15) is 0 Å². The molecule has 1 aromatic heterocycles. The largest absolute Gasteiger partial charge is 0.383 e. The number of hydrogen-bond donors (Lipinski definition) is 1. The van der Waals surface area contributed by atoms with Gasteiger partial charge in [0.25, 0.3) is 0 Å². The monoisotopic (exact) mass is 295 g/mol. The summed E-state index contributed by atoms with van der Waals surface area (Å²) in [5.41, 5.74) is 8.52. The average Bonchev–Trinajstić information content (AvgIpc) is 2.37. The zero-order valence-electron chi connectivity index (χ0n) is 10.9. The molecule has 0 aliphatic rings. The van der Waals surface area contributed by atoms with Gasteiger partial charge in [0, 0.05) is 17.5 Å². The fourth-order valence-electron chi connectivity index (χ4n) is 1.84. The molecule has 0 saturated carbocycles. The first-order chi connectivity index (χ1) is 9.02. The van der Waals surface area contributed by atoms with Crippen molar-refractivity contribution >= 4 is 29.0 Å². The highest BCUT2D eigenvalue weighted by atomic mass is 35.5. The summed E-state index contributed by atoms with van der Waals surface area (Å²) in [5, 5.41) is 1.03. The van der Waals surface area contributed by atoms with Crippen molar-refractivity contribution in [1.82, 2.24) is 9.97 Å². The molecule has 19 heavy (non-hydrogen) atoms. The summed E-state index contributed by atoms with van der Waals surface area (Å²) >= 11 is 12.0. The Balaban J connectivity index is 2.56. The van der Waals surface area contributed by atoms with Crippen molar-refractivity contribution in [3.05, 3.63) is 39.6 Å². The molecule has 0 atom stereocenters. The number of nitrogen functional groups attached to an aromatic ring is 1. The lowest BCUT2D eigenvalue weighted by Gasteiger charge is -2.10. The third-order valence-electron chi connectivity index (χ3n) is 2.90. The van der Waals surface area contributed by atoms with E-state index < -0.39 is 0 Å². The van der Waals surface area contributed by atoms with Crippen LogP contribution in [0, 0.1) is 6.92 Å². The molecule has 100 valence electrons. The Bertz CT molecular complexity index is 612. The average molecular weight is 296 g/mol. The number of rotatable bonds is 3. The molecule has 5 heteroatoms. The van der Waals surface area contributed by atoms with E-state index in [1.54, 1.807) is 12.1 Å². The van der Waals surface area contributed by atoms with E-state index in [9.17, 15) is 0 Å². The predicted octanol–water partition coefficient (Wildman–Crippen LogP) is 4.29. The van der Waals surface area contributed by atoms with E-state index in [0.717, 1.165) is 35.5 Å². The van der Waals surface area contributed by atoms with Gasteiger partial charge in [-0.1, -0.05) is 36.2 Å². The van der Waals surface area contributed by atoms with Crippen LogP contribution >= 0.6 is 23.2 Å². The van der Waals surface area contributed by atoms with Crippen molar-refractivity contribution in [1.29, 1.82) is 0 Å². The molecule has 0 amide bonds. The molecule has 0 unspecified atom stereocenters. The molecule has 1 heterocycles. The molecule has 0 aliphatic carbocycles. The minimum atomic E-state index is 0.507. The molecule has 0 aliphatic heterocycles. The SMILES string of the molecule is CCCc1nc(N)c(C)c(-c2ccc(Cl)c(Cl)c2)n1. The number of anilines is 1. The van der Waals surface area contributed by atoms with Crippen molar-refractivity contribution in [3.63, 3.8) is 0 Å². The van der Waals surface area contributed by atoms with Gasteiger partial charge in [0.15, 0.2) is 0 Å². The van der Waals surface area contributed by atoms with E-state index >= 15 is 0 Å². The standard InChI is InChI=1S/C14H15Cl2N3/c1-3-4-12-18-13(8(2)14(17)19-12)9-5-6-10(15)11(16)7-9/h5-7H,3-4H2,1-2H3,(H2,17,18,19). The van der Waals surface area contributed by atoms with E-state index in [2.05, 4.69) is 16.9 Å².